The van der Waals surface area contributed by atoms with Crippen LogP contribution in [0.2, 0.25) is 0 Å². The molecule has 1 amide bonds. The summed E-state index contributed by atoms with van der Waals surface area (Å²) < 4.78 is 7.34. The maximum absolute atomic E-state index is 12.3. The molecule has 1 N–H and O–H groups in total. The summed E-state index contributed by atoms with van der Waals surface area (Å²) in [7, 11) is 0. The summed E-state index contributed by atoms with van der Waals surface area (Å²) in [6.07, 6.45) is 4.27. The molecule has 124 valence electrons. The van der Waals surface area contributed by atoms with Crippen molar-refractivity contribution in [3.05, 3.63) is 54.4 Å². The minimum absolute atomic E-state index is 0.170. The van der Waals surface area contributed by atoms with Gasteiger partial charge in [0.2, 0.25) is 5.88 Å². The molecular weight excluding hydrogens is 304 g/mol. The minimum Gasteiger partial charge on any atom is -0.477 e. The van der Waals surface area contributed by atoms with E-state index >= 15 is 0 Å². The molecule has 0 bridgehead atoms. The van der Waals surface area contributed by atoms with Crippen LogP contribution in [-0.4, -0.2) is 33.8 Å². The first-order valence-corrected chi connectivity index (χ1v) is 8.06. The van der Waals surface area contributed by atoms with Crippen molar-refractivity contribution in [3.8, 4) is 5.88 Å². The molecule has 0 aliphatic carbocycles. The van der Waals surface area contributed by atoms with Crippen LogP contribution in [-0.2, 0) is 6.54 Å². The van der Waals surface area contributed by atoms with Gasteiger partial charge in [-0.1, -0.05) is 18.2 Å². The Morgan fingerprint density at radius 2 is 2.12 bits per heavy atom. The zero-order chi connectivity index (χ0) is 16.8. The summed E-state index contributed by atoms with van der Waals surface area (Å²) in [5.74, 6) is 0.201. The number of ether oxygens (including phenoxy) is 1. The van der Waals surface area contributed by atoms with Crippen LogP contribution in [0.25, 0.3) is 10.9 Å². The van der Waals surface area contributed by atoms with Gasteiger partial charge in [-0.2, -0.15) is 5.10 Å². The van der Waals surface area contributed by atoms with Crippen molar-refractivity contribution in [3.63, 3.8) is 0 Å². The number of benzene rings is 1. The van der Waals surface area contributed by atoms with Crippen LogP contribution < -0.4 is 10.1 Å². The van der Waals surface area contributed by atoms with E-state index in [9.17, 15) is 4.79 Å². The molecule has 0 aliphatic heterocycles. The molecule has 3 aromatic rings. The maximum Gasteiger partial charge on any atom is 0.256 e. The van der Waals surface area contributed by atoms with Gasteiger partial charge in [-0.3, -0.25) is 9.48 Å². The first-order chi connectivity index (χ1) is 11.8. The van der Waals surface area contributed by atoms with Crippen LogP contribution in [0.1, 0.15) is 23.7 Å². The van der Waals surface area contributed by atoms with E-state index in [0.29, 0.717) is 24.6 Å². The lowest BCUT2D eigenvalue weighted by molar-refractivity contribution is 0.0948. The molecule has 0 spiro atoms. The van der Waals surface area contributed by atoms with E-state index in [4.69, 9.17) is 4.74 Å². The Hall–Kier alpha value is -2.89. The van der Waals surface area contributed by atoms with Gasteiger partial charge < -0.3 is 10.1 Å². The van der Waals surface area contributed by atoms with Gasteiger partial charge in [0.05, 0.1) is 18.3 Å². The third-order valence-electron chi connectivity index (χ3n) is 3.68. The number of hydrogen-bond acceptors (Lipinski definition) is 4. The molecule has 3 rings (SSSR count). The third-order valence-corrected chi connectivity index (χ3v) is 3.68. The standard InChI is InChI=1S/C18H20N4O2/c1-2-24-18-15(8-5-10-20-18)17(23)19-11-6-12-22-16-9-4-3-7-14(16)13-21-22/h3-5,7-10,13H,2,6,11-12H2,1H3,(H,19,23). The Morgan fingerprint density at radius 3 is 3.00 bits per heavy atom. The van der Waals surface area contributed by atoms with Gasteiger partial charge in [0, 0.05) is 24.7 Å². The van der Waals surface area contributed by atoms with Gasteiger partial charge in [0.25, 0.3) is 5.91 Å². The number of carbonyl (C=O) groups is 1. The van der Waals surface area contributed by atoms with E-state index in [2.05, 4.69) is 15.4 Å². The minimum atomic E-state index is -0.170. The molecule has 2 aromatic heterocycles. The van der Waals surface area contributed by atoms with E-state index in [1.165, 1.54) is 0 Å². The largest absolute Gasteiger partial charge is 0.477 e. The second-order valence-corrected chi connectivity index (χ2v) is 5.33. The lowest BCUT2D eigenvalue weighted by Crippen LogP contribution is -2.26. The predicted octanol–water partition coefficient (Wildman–Crippen LogP) is 2.65. The topological polar surface area (TPSA) is 69.0 Å². The van der Waals surface area contributed by atoms with E-state index in [1.807, 2.05) is 42.1 Å². The highest BCUT2D eigenvalue weighted by Gasteiger charge is 2.12. The average molecular weight is 324 g/mol. The van der Waals surface area contributed by atoms with Crippen LogP contribution in [0.15, 0.2) is 48.8 Å². The van der Waals surface area contributed by atoms with Gasteiger partial charge in [-0.05, 0) is 31.5 Å². The van der Waals surface area contributed by atoms with Crippen molar-refractivity contribution in [2.24, 2.45) is 0 Å². The lowest BCUT2D eigenvalue weighted by Gasteiger charge is -2.09. The van der Waals surface area contributed by atoms with Crippen molar-refractivity contribution >= 4 is 16.8 Å². The van der Waals surface area contributed by atoms with Crippen molar-refractivity contribution in [2.45, 2.75) is 19.9 Å². The monoisotopic (exact) mass is 324 g/mol. The molecule has 24 heavy (non-hydrogen) atoms. The molecule has 6 nitrogen and oxygen atoms in total. The molecule has 0 unspecified atom stereocenters. The fraction of sp³-hybridized carbons (Fsp3) is 0.278. The Labute approximate surface area is 140 Å². The van der Waals surface area contributed by atoms with Gasteiger partial charge in [-0.15, -0.1) is 0 Å². The zero-order valence-corrected chi connectivity index (χ0v) is 13.6. The Bertz CT molecular complexity index is 829. The predicted molar refractivity (Wildman–Crippen MR) is 92.1 cm³/mol. The number of carbonyl (C=O) groups excluding carboxylic acids is 1. The van der Waals surface area contributed by atoms with Gasteiger partial charge in [0.1, 0.15) is 5.56 Å². The molecule has 0 atom stereocenters. The van der Waals surface area contributed by atoms with Gasteiger partial charge in [-0.25, -0.2) is 4.98 Å². The molecule has 0 aliphatic rings. The van der Waals surface area contributed by atoms with Crippen molar-refractivity contribution in [1.82, 2.24) is 20.1 Å². The highest BCUT2D eigenvalue weighted by atomic mass is 16.5. The highest BCUT2D eigenvalue weighted by molar-refractivity contribution is 5.96. The SMILES string of the molecule is CCOc1ncccc1C(=O)NCCCn1ncc2ccccc21. The lowest BCUT2D eigenvalue weighted by atomic mass is 10.2. The molecule has 0 saturated heterocycles. The fourth-order valence-electron chi connectivity index (χ4n) is 2.55. The number of pyridine rings is 1. The summed E-state index contributed by atoms with van der Waals surface area (Å²) >= 11 is 0. The van der Waals surface area contributed by atoms with E-state index in [0.717, 1.165) is 23.9 Å². The molecule has 0 radical (unpaired) electrons. The fourth-order valence-corrected chi connectivity index (χ4v) is 2.55. The average Bonchev–Trinajstić information content (AvgIpc) is 3.02. The Balaban J connectivity index is 1.54. The van der Waals surface area contributed by atoms with Crippen molar-refractivity contribution in [1.29, 1.82) is 0 Å². The first kappa shape index (κ1) is 16.0. The zero-order valence-electron chi connectivity index (χ0n) is 13.6. The second kappa shape index (κ2) is 7.59. The summed E-state index contributed by atoms with van der Waals surface area (Å²) in [5.41, 5.74) is 1.57. The normalized spacial score (nSPS) is 10.7. The van der Waals surface area contributed by atoms with Crippen LogP contribution in [0.4, 0.5) is 0 Å². The van der Waals surface area contributed by atoms with Crippen LogP contribution >= 0.6 is 0 Å². The summed E-state index contributed by atoms with van der Waals surface area (Å²) in [6, 6.07) is 11.5. The molecule has 1 aromatic carbocycles. The maximum atomic E-state index is 12.3. The molecular formula is C18H20N4O2. The van der Waals surface area contributed by atoms with E-state index < -0.39 is 0 Å². The van der Waals surface area contributed by atoms with Crippen molar-refractivity contribution < 1.29 is 9.53 Å². The number of fused-ring (bicyclic) bond motifs is 1. The van der Waals surface area contributed by atoms with E-state index in [-0.39, 0.29) is 5.91 Å². The number of aryl methyl sites for hydroxylation is 1. The summed E-state index contributed by atoms with van der Waals surface area (Å²) in [6.45, 7) is 3.65. The quantitative estimate of drug-likeness (QED) is 0.678. The second-order valence-electron chi connectivity index (χ2n) is 5.33. The van der Waals surface area contributed by atoms with Crippen LogP contribution in [0, 0.1) is 0 Å². The van der Waals surface area contributed by atoms with E-state index in [1.54, 1.807) is 18.3 Å². The van der Waals surface area contributed by atoms with Crippen molar-refractivity contribution in [2.75, 3.05) is 13.2 Å². The molecule has 2 heterocycles. The molecule has 6 heteroatoms. The number of amides is 1. The number of nitrogens with zero attached hydrogens (tertiary/aromatic N) is 3. The Morgan fingerprint density at radius 1 is 1.25 bits per heavy atom. The van der Waals surface area contributed by atoms with Crippen LogP contribution in [0.5, 0.6) is 5.88 Å². The number of rotatable bonds is 7. The highest BCUT2D eigenvalue weighted by Crippen LogP contribution is 2.14. The molecule has 0 saturated carbocycles. The summed E-state index contributed by atoms with van der Waals surface area (Å²) in [5, 5.41) is 8.41. The smallest absolute Gasteiger partial charge is 0.256 e. The van der Waals surface area contributed by atoms with Gasteiger partial charge >= 0.3 is 0 Å². The first-order valence-electron chi connectivity index (χ1n) is 8.06. The van der Waals surface area contributed by atoms with Crippen LogP contribution in [0.3, 0.4) is 0 Å². The number of aromatic nitrogens is 3. The number of nitrogens with one attached hydrogen (secondary N) is 1. The third kappa shape index (κ3) is 3.53. The number of hydrogen-bond donors (Lipinski definition) is 1. The molecule has 0 fully saturated rings. The number of para-hydroxylation sites is 1. The summed E-state index contributed by atoms with van der Waals surface area (Å²) in [4.78, 5) is 16.4. The van der Waals surface area contributed by atoms with Gasteiger partial charge in [0.15, 0.2) is 0 Å². The Kier molecular flexibility index (Phi) is 5.05.